The Labute approximate surface area is 111 Å². The van der Waals surface area contributed by atoms with Gasteiger partial charge in [0, 0.05) is 10.9 Å². The van der Waals surface area contributed by atoms with Crippen molar-refractivity contribution in [2.75, 3.05) is 18.8 Å². The minimum absolute atomic E-state index is 0.00608. The number of hydrogen-bond donors (Lipinski definition) is 1. The molecule has 1 aromatic rings. The number of hydrogen-bond acceptors (Lipinski definition) is 3. The maximum absolute atomic E-state index is 10.9. The number of rotatable bonds is 4. The van der Waals surface area contributed by atoms with Crippen LogP contribution in [0.25, 0.3) is 0 Å². The van der Waals surface area contributed by atoms with Crippen molar-refractivity contribution >= 4 is 17.7 Å². The summed E-state index contributed by atoms with van der Waals surface area (Å²) in [6.07, 6.45) is 6.28. The second kappa shape index (κ2) is 5.94. The molecule has 0 amide bonds. The van der Waals surface area contributed by atoms with Crippen LogP contribution in [-0.4, -0.2) is 34.8 Å². The van der Waals surface area contributed by atoms with Crippen LogP contribution in [0.3, 0.4) is 0 Å². The standard InChI is InChI=1S/C14H15NO2S/c1-2-8-15(10-14(16)17)12-7-9-18-13-6-4-3-5-11(12)13/h1,3-6,12H,7-10H2,(H,16,17). The second-order valence-corrected chi connectivity index (χ2v) is 5.33. The summed E-state index contributed by atoms with van der Waals surface area (Å²) in [5.74, 6) is 2.73. The summed E-state index contributed by atoms with van der Waals surface area (Å²) in [7, 11) is 0. The van der Waals surface area contributed by atoms with Crippen molar-refractivity contribution in [3.8, 4) is 12.3 Å². The van der Waals surface area contributed by atoms with Gasteiger partial charge in [-0.1, -0.05) is 24.1 Å². The Hall–Kier alpha value is -1.44. The van der Waals surface area contributed by atoms with E-state index in [0.29, 0.717) is 6.54 Å². The number of carboxylic acids is 1. The van der Waals surface area contributed by atoms with Gasteiger partial charge in [0.1, 0.15) is 0 Å². The zero-order valence-electron chi connectivity index (χ0n) is 10.0. The number of fused-ring (bicyclic) bond motifs is 1. The molecule has 1 unspecified atom stereocenters. The van der Waals surface area contributed by atoms with Crippen LogP contribution in [0, 0.1) is 12.3 Å². The van der Waals surface area contributed by atoms with Gasteiger partial charge in [-0.05, 0) is 23.8 Å². The van der Waals surface area contributed by atoms with E-state index in [0.717, 1.165) is 12.2 Å². The van der Waals surface area contributed by atoms with E-state index in [2.05, 4.69) is 18.1 Å². The van der Waals surface area contributed by atoms with E-state index < -0.39 is 5.97 Å². The average Bonchev–Trinajstić information content (AvgIpc) is 2.37. The van der Waals surface area contributed by atoms with Crippen molar-refractivity contribution in [2.45, 2.75) is 17.4 Å². The molecule has 1 aliphatic rings. The molecule has 1 atom stereocenters. The van der Waals surface area contributed by atoms with E-state index in [9.17, 15) is 4.79 Å². The van der Waals surface area contributed by atoms with Gasteiger partial charge < -0.3 is 5.11 Å². The van der Waals surface area contributed by atoms with Crippen LogP contribution < -0.4 is 0 Å². The number of benzene rings is 1. The number of terminal acetylenes is 1. The van der Waals surface area contributed by atoms with Crippen molar-refractivity contribution in [3.63, 3.8) is 0 Å². The second-order valence-electron chi connectivity index (χ2n) is 4.19. The van der Waals surface area contributed by atoms with E-state index in [1.54, 1.807) is 0 Å². The molecule has 94 valence electrons. The predicted octanol–water partition coefficient (Wildman–Crippen LogP) is 2.24. The highest BCUT2D eigenvalue weighted by molar-refractivity contribution is 7.99. The van der Waals surface area contributed by atoms with E-state index >= 15 is 0 Å². The maximum Gasteiger partial charge on any atom is 0.317 e. The Morgan fingerprint density at radius 2 is 2.33 bits per heavy atom. The highest BCUT2D eigenvalue weighted by Crippen LogP contribution is 2.38. The molecule has 2 rings (SSSR count). The average molecular weight is 261 g/mol. The zero-order valence-corrected chi connectivity index (χ0v) is 10.8. The molecule has 0 fully saturated rings. The molecule has 18 heavy (non-hydrogen) atoms. The molecule has 3 nitrogen and oxygen atoms in total. The van der Waals surface area contributed by atoms with Gasteiger partial charge in [-0.2, -0.15) is 0 Å². The summed E-state index contributed by atoms with van der Waals surface area (Å²) in [5, 5.41) is 8.97. The SMILES string of the molecule is C#CCN(CC(=O)O)C1CCSc2ccccc21. The topological polar surface area (TPSA) is 40.5 Å². The van der Waals surface area contributed by atoms with Gasteiger partial charge >= 0.3 is 5.97 Å². The minimum Gasteiger partial charge on any atom is -0.480 e. The van der Waals surface area contributed by atoms with E-state index in [4.69, 9.17) is 11.5 Å². The van der Waals surface area contributed by atoms with Crippen molar-refractivity contribution in [1.82, 2.24) is 4.90 Å². The molecule has 0 bridgehead atoms. The van der Waals surface area contributed by atoms with Crippen LogP contribution in [0.5, 0.6) is 0 Å². The number of aliphatic carboxylic acids is 1. The lowest BCUT2D eigenvalue weighted by atomic mass is 10.0. The molecule has 4 heteroatoms. The Kier molecular flexibility index (Phi) is 4.29. The molecule has 0 radical (unpaired) electrons. The lowest BCUT2D eigenvalue weighted by Crippen LogP contribution is -2.35. The molecular weight excluding hydrogens is 246 g/mol. The fourth-order valence-electron chi connectivity index (χ4n) is 2.27. The summed E-state index contributed by atoms with van der Waals surface area (Å²) < 4.78 is 0. The number of carbonyl (C=O) groups is 1. The summed E-state index contributed by atoms with van der Waals surface area (Å²) >= 11 is 1.82. The first-order chi connectivity index (χ1) is 8.72. The van der Waals surface area contributed by atoms with Crippen LogP contribution in [0.15, 0.2) is 29.2 Å². The Morgan fingerprint density at radius 1 is 1.56 bits per heavy atom. The van der Waals surface area contributed by atoms with Crippen LogP contribution in [0.2, 0.25) is 0 Å². The Balaban J connectivity index is 2.26. The van der Waals surface area contributed by atoms with Crippen LogP contribution >= 0.6 is 11.8 Å². The van der Waals surface area contributed by atoms with E-state index in [-0.39, 0.29) is 12.6 Å². The number of thioether (sulfide) groups is 1. The molecule has 0 aromatic heterocycles. The lowest BCUT2D eigenvalue weighted by Gasteiger charge is -2.33. The molecule has 1 heterocycles. The Bertz CT molecular complexity index is 481. The van der Waals surface area contributed by atoms with Crippen molar-refractivity contribution in [1.29, 1.82) is 0 Å². The van der Waals surface area contributed by atoms with Crippen molar-refractivity contribution < 1.29 is 9.90 Å². The molecule has 0 spiro atoms. The van der Waals surface area contributed by atoms with Crippen molar-refractivity contribution in [2.24, 2.45) is 0 Å². The van der Waals surface area contributed by atoms with Crippen LogP contribution in [0.1, 0.15) is 18.0 Å². The molecule has 0 saturated carbocycles. The van der Waals surface area contributed by atoms with Gasteiger partial charge in [0.25, 0.3) is 0 Å². The first-order valence-corrected chi connectivity index (χ1v) is 6.82. The fraction of sp³-hybridized carbons (Fsp3) is 0.357. The lowest BCUT2D eigenvalue weighted by molar-refractivity contribution is -0.138. The molecule has 1 aromatic carbocycles. The first-order valence-electron chi connectivity index (χ1n) is 5.83. The maximum atomic E-state index is 10.9. The van der Waals surface area contributed by atoms with Gasteiger partial charge in [0.05, 0.1) is 13.1 Å². The summed E-state index contributed by atoms with van der Waals surface area (Å²) in [6.45, 7) is 0.365. The van der Waals surface area contributed by atoms with Crippen molar-refractivity contribution in [3.05, 3.63) is 29.8 Å². The van der Waals surface area contributed by atoms with E-state index in [1.165, 1.54) is 10.5 Å². The molecule has 1 aliphatic heterocycles. The summed E-state index contributed by atoms with van der Waals surface area (Å²) in [4.78, 5) is 14.0. The smallest absolute Gasteiger partial charge is 0.317 e. The Morgan fingerprint density at radius 3 is 3.06 bits per heavy atom. The van der Waals surface area contributed by atoms with Gasteiger partial charge in [0.2, 0.25) is 0 Å². The highest BCUT2D eigenvalue weighted by Gasteiger charge is 2.26. The molecular formula is C14H15NO2S. The van der Waals surface area contributed by atoms with E-state index in [1.807, 2.05) is 28.8 Å². The number of nitrogens with zero attached hydrogens (tertiary/aromatic N) is 1. The predicted molar refractivity (Wildman–Crippen MR) is 72.6 cm³/mol. The van der Waals surface area contributed by atoms with Gasteiger partial charge in [-0.3, -0.25) is 9.69 Å². The molecule has 0 aliphatic carbocycles. The third kappa shape index (κ3) is 2.87. The van der Waals surface area contributed by atoms with Gasteiger partial charge in [-0.15, -0.1) is 18.2 Å². The molecule has 1 N–H and O–H groups in total. The zero-order chi connectivity index (χ0) is 13.0. The molecule has 0 saturated heterocycles. The minimum atomic E-state index is -0.832. The number of carboxylic acid groups (broad SMARTS) is 1. The summed E-state index contributed by atoms with van der Waals surface area (Å²) in [6, 6.07) is 8.27. The highest BCUT2D eigenvalue weighted by atomic mass is 32.2. The van der Waals surface area contributed by atoms with Gasteiger partial charge in [-0.25, -0.2) is 0 Å². The quantitative estimate of drug-likeness (QED) is 0.844. The monoisotopic (exact) mass is 261 g/mol. The fourth-order valence-corrected chi connectivity index (χ4v) is 3.38. The largest absolute Gasteiger partial charge is 0.480 e. The van der Waals surface area contributed by atoms with Gasteiger partial charge in [0.15, 0.2) is 0 Å². The third-order valence-electron chi connectivity index (χ3n) is 3.00. The first kappa shape index (κ1) is 13.0. The normalized spacial score (nSPS) is 18.1. The van der Waals surface area contributed by atoms with Crippen LogP contribution in [-0.2, 0) is 4.79 Å². The van der Waals surface area contributed by atoms with Crippen LogP contribution in [0.4, 0.5) is 0 Å². The summed E-state index contributed by atoms with van der Waals surface area (Å²) in [5.41, 5.74) is 1.20. The third-order valence-corrected chi connectivity index (χ3v) is 4.12.